The number of benzene rings is 2. The molecule has 0 fully saturated rings. The van der Waals surface area contributed by atoms with E-state index in [9.17, 15) is 15.0 Å². The molecule has 2 aromatic rings. The third kappa shape index (κ3) is 4.51. The molecule has 2 rings (SSSR count). The Kier molecular flexibility index (Phi) is 6.01. The monoisotopic (exact) mass is 338 g/mol. The molecule has 0 saturated carbocycles. The minimum absolute atomic E-state index is 0.0460. The molecule has 4 heteroatoms. The number of hydrogen-bond acceptors (Lipinski definition) is 4. The Morgan fingerprint density at radius 2 is 1.84 bits per heavy atom. The first kappa shape index (κ1) is 18.3. The molecule has 0 radical (unpaired) electrons. The van der Waals surface area contributed by atoms with Crippen molar-refractivity contribution in [2.24, 2.45) is 0 Å². The second kappa shape index (κ2) is 8.20. The van der Waals surface area contributed by atoms with Crippen molar-refractivity contribution >= 4 is 11.9 Å². The molecule has 0 heterocycles. The molecular formula is C21H22O4. The lowest BCUT2D eigenvalue weighted by atomic mass is 9.99. The molecule has 0 spiro atoms. The zero-order valence-electron chi connectivity index (χ0n) is 14.6. The van der Waals surface area contributed by atoms with Gasteiger partial charge in [-0.05, 0) is 31.9 Å². The van der Waals surface area contributed by atoms with E-state index in [4.69, 9.17) is 4.74 Å². The predicted molar refractivity (Wildman–Crippen MR) is 99.3 cm³/mol. The van der Waals surface area contributed by atoms with Gasteiger partial charge in [-0.25, -0.2) is 0 Å². The lowest BCUT2D eigenvalue weighted by molar-refractivity contribution is 0.104. The summed E-state index contributed by atoms with van der Waals surface area (Å²) in [5.74, 6) is -0.609. The van der Waals surface area contributed by atoms with Gasteiger partial charge in [0.05, 0.1) is 7.11 Å². The van der Waals surface area contributed by atoms with Crippen LogP contribution in [0, 0.1) is 0 Å². The fourth-order valence-electron chi connectivity index (χ4n) is 2.40. The Morgan fingerprint density at radius 3 is 2.44 bits per heavy atom. The first-order valence-electron chi connectivity index (χ1n) is 7.96. The molecule has 2 N–H and O–H groups in total. The highest BCUT2D eigenvalue weighted by Gasteiger charge is 2.21. The molecule has 0 aliphatic heterocycles. The number of ether oxygens (including phenoxy) is 1. The summed E-state index contributed by atoms with van der Waals surface area (Å²) in [6.07, 6.45) is 5.25. The van der Waals surface area contributed by atoms with Crippen molar-refractivity contribution in [3.63, 3.8) is 0 Å². The van der Waals surface area contributed by atoms with Gasteiger partial charge in [0, 0.05) is 11.6 Å². The Labute approximate surface area is 147 Å². The Balaban J connectivity index is 2.44. The number of methoxy groups -OCH3 is 1. The molecule has 2 aromatic carbocycles. The van der Waals surface area contributed by atoms with E-state index in [1.54, 1.807) is 6.08 Å². The summed E-state index contributed by atoms with van der Waals surface area (Å²) in [4.78, 5) is 12.6. The normalized spacial score (nSPS) is 10.7. The fourth-order valence-corrected chi connectivity index (χ4v) is 2.40. The number of allylic oxidation sites excluding steroid dienone is 3. The lowest BCUT2D eigenvalue weighted by Crippen LogP contribution is -2.02. The number of rotatable bonds is 6. The third-order valence-corrected chi connectivity index (χ3v) is 3.75. The van der Waals surface area contributed by atoms with Crippen LogP contribution in [0.3, 0.4) is 0 Å². The van der Waals surface area contributed by atoms with Crippen molar-refractivity contribution in [3.05, 3.63) is 70.8 Å². The van der Waals surface area contributed by atoms with Gasteiger partial charge in [-0.3, -0.25) is 4.79 Å². The first-order chi connectivity index (χ1) is 11.9. The van der Waals surface area contributed by atoms with E-state index in [0.29, 0.717) is 12.0 Å². The summed E-state index contributed by atoms with van der Waals surface area (Å²) in [7, 11) is 1.39. The van der Waals surface area contributed by atoms with E-state index in [1.165, 1.54) is 19.3 Å². The molecular weight excluding hydrogens is 316 g/mol. The molecule has 0 atom stereocenters. The Bertz CT molecular complexity index is 814. The summed E-state index contributed by atoms with van der Waals surface area (Å²) >= 11 is 0. The van der Waals surface area contributed by atoms with Crippen molar-refractivity contribution < 1.29 is 19.7 Å². The first-order valence-corrected chi connectivity index (χ1v) is 7.96. The van der Waals surface area contributed by atoms with Crippen LogP contribution in [0.1, 0.15) is 35.3 Å². The average molecular weight is 338 g/mol. The number of carbonyl (C=O) groups excluding carboxylic acids is 1. The van der Waals surface area contributed by atoms with Crippen LogP contribution in [0.5, 0.6) is 17.2 Å². The summed E-state index contributed by atoms with van der Waals surface area (Å²) in [6, 6.07) is 10.7. The van der Waals surface area contributed by atoms with Crippen LogP contribution in [0.2, 0.25) is 0 Å². The zero-order valence-corrected chi connectivity index (χ0v) is 14.6. The van der Waals surface area contributed by atoms with Gasteiger partial charge in [-0.1, -0.05) is 48.1 Å². The van der Waals surface area contributed by atoms with Gasteiger partial charge in [0.1, 0.15) is 22.8 Å². The van der Waals surface area contributed by atoms with E-state index in [1.807, 2.05) is 50.3 Å². The van der Waals surface area contributed by atoms with Crippen LogP contribution in [-0.2, 0) is 6.42 Å². The summed E-state index contributed by atoms with van der Waals surface area (Å²) < 4.78 is 5.17. The number of hydrogen-bond donors (Lipinski definition) is 2. The highest BCUT2D eigenvalue weighted by atomic mass is 16.5. The van der Waals surface area contributed by atoms with Gasteiger partial charge in [-0.2, -0.15) is 0 Å². The van der Waals surface area contributed by atoms with Crippen LogP contribution >= 0.6 is 0 Å². The summed E-state index contributed by atoms with van der Waals surface area (Å²) in [5.41, 5.74) is 2.27. The van der Waals surface area contributed by atoms with Gasteiger partial charge in [0.15, 0.2) is 5.78 Å². The van der Waals surface area contributed by atoms with Crippen LogP contribution in [-0.4, -0.2) is 23.1 Å². The minimum Gasteiger partial charge on any atom is -0.507 e. The maximum Gasteiger partial charge on any atom is 0.193 e. The maximum absolute atomic E-state index is 12.6. The van der Waals surface area contributed by atoms with E-state index in [0.717, 1.165) is 11.1 Å². The van der Waals surface area contributed by atoms with Crippen molar-refractivity contribution in [1.29, 1.82) is 0 Å². The fraction of sp³-hybridized carbons (Fsp3) is 0.190. The molecule has 0 bridgehead atoms. The highest BCUT2D eigenvalue weighted by molar-refractivity contribution is 6.11. The molecule has 0 unspecified atom stereocenters. The van der Waals surface area contributed by atoms with Crippen LogP contribution in [0.4, 0.5) is 0 Å². The summed E-state index contributed by atoms with van der Waals surface area (Å²) in [5, 5.41) is 20.7. The molecule has 0 aliphatic rings. The smallest absolute Gasteiger partial charge is 0.193 e. The van der Waals surface area contributed by atoms with Crippen LogP contribution in [0.25, 0.3) is 6.08 Å². The number of phenolic OH excluding ortho intramolecular Hbond substituents is 2. The van der Waals surface area contributed by atoms with E-state index in [2.05, 4.69) is 0 Å². The van der Waals surface area contributed by atoms with E-state index < -0.39 is 5.78 Å². The second-order valence-corrected chi connectivity index (χ2v) is 5.89. The van der Waals surface area contributed by atoms with Gasteiger partial charge in [-0.15, -0.1) is 0 Å². The Hall–Kier alpha value is -3.01. The predicted octanol–water partition coefficient (Wildman–Crippen LogP) is 4.51. The number of ketones is 1. The van der Waals surface area contributed by atoms with Crippen molar-refractivity contribution in [2.45, 2.75) is 20.3 Å². The highest BCUT2D eigenvalue weighted by Crippen LogP contribution is 2.39. The summed E-state index contributed by atoms with van der Waals surface area (Å²) in [6.45, 7) is 3.85. The zero-order chi connectivity index (χ0) is 18.4. The molecule has 0 amide bonds. The Morgan fingerprint density at radius 1 is 1.16 bits per heavy atom. The number of carbonyl (C=O) groups is 1. The molecule has 130 valence electrons. The standard InChI is InChI=1S/C21H22O4/c1-14(2)9-11-16-18(23)13-19(25-3)20(21(16)24)17(22)12-10-15-7-5-4-6-8-15/h4-10,12-13,23-24H,11H2,1-3H3. The van der Waals surface area contributed by atoms with Crippen molar-refractivity contribution in [1.82, 2.24) is 0 Å². The average Bonchev–Trinajstić information content (AvgIpc) is 2.59. The third-order valence-electron chi connectivity index (χ3n) is 3.75. The molecule has 0 aromatic heterocycles. The van der Waals surface area contributed by atoms with Gasteiger partial charge in [0.2, 0.25) is 0 Å². The molecule has 0 aliphatic carbocycles. The quantitative estimate of drug-likeness (QED) is 0.462. The van der Waals surface area contributed by atoms with Crippen LogP contribution in [0.15, 0.2) is 54.1 Å². The second-order valence-electron chi connectivity index (χ2n) is 5.89. The SMILES string of the molecule is COc1cc(O)c(CC=C(C)C)c(O)c1C(=O)C=Cc1ccccc1. The minimum atomic E-state index is -0.392. The van der Waals surface area contributed by atoms with Crippen molar-refractivity contribution in [2.75, 3.05) is 7.11 Å². The lowest BCUT2D eigenvalue weighted by Gasteiger charge is -2.13. The number of phenols is 2. The van der Waals surface area contributed by atoms with Gasteiger partial charge in [0.25, 0.3) is 0 Å². The number of aromatic hydroxyl groups is 2. The van der Waals surface area contributed by atoms with Gasteiger partial charge >= 0.3 is 0 Å². The van der Waals surface area contributed by atoms with E-state index in [-0.39, 0.29) is 22.8 Å². The molecule has 0 saturated heterocycles. The van der Waals surface area contributed by atoms with Crippen molar-refractivity contribution in [3.8, 4) is 17.2 Å². The molecule has 25 heavy (non-hydrogen) atoms. The van der Waals surface area contributed by atoms with Crippen LogP contribution < -0.4 is 4.74 Å². The topological polar surface area (TPSA) is 66.8 Å². The van der Waals surface area contributed by atoms with E-state index >= 15 is 0 Å². The largest absolute Gasteiger partial charge is 0.507 e. The van der Waals surface area contributed by atoms with Gasteiger partial charge < -0.3 is 14.9 Å². The maximum atomic E-state index is 12.6. The molecule has 4 nitrogen and oxygen atoms in total.